The highest BCUT2D eigenvalue weighted by Gasteiger charge is 2.18. The Balaban J connectivity index is 0.000000963. The second-order valence-electron chi connectivity index (χ2n) is 4.15. The van der Waals surface area contributed by atoms with Crippen molar-refractivity contribution >= 4 is 35.0 Å². The van der Waals surface area contributed by atoms with E-state index in [-0.39, 0.29) is 12.4 Å². The van der Waals surface area contributed by atoms with Gasteiger partial charge in [-0.05, 0) is 31.2 Å². The quantitative estimate of drug-likeness (QED) is 0.719. The molecule has 1 aliphatic rings. The average Bonchev–Trinajstić information content (AvgIpc) is 2.52. The van der Waals surface area contributed by atoms with Crippen molar-refractivity contribution in [2.45, 2.75) is 13.0 Å². The highest BCUT2D eigenvalue weighted by Crippen LogP contribution is 2.33. The van der Waals surface area contributed by atoms with Gasteiger partial charge in [-0.3, -0.25) is 0 Å². The number of rotatable bonds is 0. The topological polar surface area (TPSA) is 16.4 Å². The van der Waals surface area contributed by atoms with Gasteiger partial charge in [0.1, 0.15) is 5.58 Å². The van der Waals surface area contributed by atoms with Crippen molar-refractivity contribution in [3.8, 4) is 0 Å². The van der Waals surface area contributed by atoms with Crippen LogP contribution in [0.1, 0.15) is 11.1 Å². The highest BCUT2D eigenvalue weighted by molar-refractivity contribution is 6.32. The largest absolute Gasteiger partial charge is 0.464 e. The van der Waals surface area contributed by atoms with Crippen LogP contribution < -0.4 is 0 Å². The molecule has 0 bridgehead atoms. The van der Waals surface area contributed by atoms with Crippen LogP contribution in [0.25, 0.3) is 11.0 Å². The lowest BCUT2D eigenvalue weighted by Crippen LogP contribution is -2.18. The maximum atomic E-state index is 6.23. The fourth-order valence-corrected chi connectivity index (χ4v) is 2.53. The van der Waals surface area contributed by atoms with Crippen molar-refractivity contribution in [2.75, 3.05) is 13.6 Å². The van der Waals surface area contributed by atoms with Crippen LogP contribution in [0.2, 0.25) is 5.02 Å². The van der Waals surface area contributed by atoms with Gasteiger partial charge in [0, 0.05) is 29.1 Å². The van der Waals surface area contributed by atoms with E-state index in [0.29, 0.717) is 0 Å². The molecule has 0 saturated heterocycles. The van der Waals surface area contributed by atoms with E-state index < -0.39 is 0 Å². The molecule has 1 aliphatic heterocycles. The van der Waals surface area contributed by atoms with Gasteiger partial charge in [0.15, 0.2) is 0 Å². The Labute approximate surface area is 106 Å². The Bertz CT molecular complexity index is 521. The molecule has 0 aliphatic carbocycles. The maximum absolute atomic E-state index is 6.23. The number of benzene rings is 1. The molecule has 2 aromatic rings. The van der Waals surface area contributed by atoms with E-state index >= 15 is 0 Å². The highest BCUT2D eigenvalue weighted by atomic mass is 35.5. The molecule has 0 atom stereocenters. The van der Waals surface area contributed by atoms with Crippen LogP contribution in [0.3, 0.4) is 0 Å². The van der Waals surface area contributed by atoms with Crippen LogP contribution in [0.4, 0.5) is 0 Å². The second-order valence-corrected chi connectivity index (χ2v) is 4.55. The van der Waals surface area contributed by atoms with Gasteiger partial charge in [-0.2, -0.15) is 0 Å². The van der Waals surface area contributed by atoms with Gasteiger partial charge in [0.05, 0.1) is 6.26 Å². The number of halogens is 2. The molecule has 0 spiro atoms. The predicted molar refractivity (Wildman–Crippen MR) is 68.5 cm³/mol. The van der Waals surface area contributed by atoms with E-state index in [1.807, 2.05) is 18.4 Å². The van der Waals surface area contributed by atoms with E-state index in [1.54, 1.807) is 0 Å². The summed E-state index contributed by atoms with van der Waals surface area (Å²) in [5, 5.41) is 2.09. The standard InChI is InChI=1S/C12H12ClNO.ClH/c1-14-5-4-9-10(13)2-3-11-12(9)8(6-14)7-15-11;/h2-3,7H,4-6H2,1H3;1H. The molecule has 86 valence electrons. The molecule has 2 heterocycles. The minimum Gasteiger partial charge on any atom is -0.464 e. The first-order chi connectivity index (χ1) is 7.25. The Kier molecular flexibility index (Phi) is 3.15. The van der Waals surface area contributed by atoms with E-state index in [1.165, 1.54) is 16.5 Å². The van der Waals surface area contributed by atoms with Crippen LogP contribution in [-0.4, -0.2) is 18.5 Å². The van der Waals surface area contributed by atoms with Crippen LogP contribution in [-0.2, 0) is 13.0 Å². The van der Waals surface area contributed by atoms with E-state index in [4.69, 9.17) is 16.0 Å². The predicted octanol–water partition coefficient (Wildman–Crippen LogP) is 3.50. The first-order valence-corrected chi connectivity index (χ1v) is 5.49. The summed E-state index contributed by atoms with van der Waals surface area (Å²) in [5.74, 6) is 0. The van der Waals surface area contributed by atoms with E-state index in [9.17, 15) is 0 Å². The molecule has 1 aromatic heterocycles. The van der Waals surface area contributed by atoms with Gasteiger partial charge >= 0.3 is 0 Å². The van der Waals surface area contributed by atoms with Crippen molar-refractivity contribution in [2.24, 2.45) is 0 Å². The summed E-state index contributed by atoms with van der Waals surface area (Å²) >= 11 is 6.23. The third-order valence-electron chi connectivity index (χ3n) is 3.05. The molecule has 0 saturated carbocycles. The summed E-state index contributed by atoms with van der Waals surface area (Å²) < 4.78 is 5.53. The fraction of sp³-hybridized carbons (Fsp3) is 0.333. The molecule has 3 rings (SSSR count). The first-order valence-electron chi connectivity index (χ1n) is 5.11. The van der Waals surface area contributed by atoms with Crippen molar-refractivity contribution in [3.63, 3.8) is 0 Å². The molecule has 0 amide bonds. The van der Waals surface area contributed by atoms with Crippen molar-refractivity contribution in [1.29, 1.82) is 0 Å². The maximum Gasteiger partial charge on any atom is 0.134 e. The van der Waals surface area contributed by atoms with Crippen LogP contribution >= 0.6 is 24.0 Å². The summed E-state index contributed by atoms with van der Waals surface area (Å²) in [5.41, 5.74) is 3.45. The monoisotopic (exact) mass is 257 g/mol. The lowest BCUT2D eigenvalue weighted by molar-refractivity contribution is 0.334. The number of nitrogens with zero attached hydrogens (tertiary/aromatic N) is 1. The molecule has 4 heteroatoms. The summed E-state index contributed by atoms with van der Waals surface area (Å²) in [6.45, 7) is 1.99. The first kappa shape index (κ1) is 11.8. The molecule has 2 nitrogen and oxygen atoms in total. The fourth-order valence-electron chi connectivity index (χ4n) is 2.28. The SMILES string of the molecule is CN1CCc2c(Cl)ccc3occ(c23)C1.Cl. The van der Waals surface area contributed by atoms with Crippen molar-refractivity contribution in [3.05, 3.63) is 34.5 Å². The molecule has 0 N–H and O–H groups in total. The van der Waals surface area contributed by atoms with Gasteiger partial charge in [-0.1, -0.05) is 11.6 Å². The molecule has 1 aromatic carbocycles. The Hall–Kier alpha value is -0.700. The third kappa shape index (κ3) is 1.71. The zero-order valence-corrected chi connectivity index (χ0v) is 10.6. The molecular formula is C12H13Cl2NO. The molecule has 0 fully saturated rings. The number of likely N-dealkylation sites (N-methyl/N-ethyl adjacent to an activating group) is 1. The minimum absolute atomic E-state index is 0. The van der Waals surface area contributed by atoms with Crippen LogP contribution in [0.15, 0.2) is 22.8 Å². The van der Waals surface area contributed by atoms with E-state index in [0.717, 1.165) is 30.1 Å². The van der Waals surface area contributed by atoms with E-state index in [2.05, 4.69) is 11.9 Å². The van der Waals surface area contributed by atoms with Crippen molar-refractivity contribution in [1.82, 2.24) is 4.90 Å². The molecular weight excluding hydrogens is 245 g/mol. The lowest BCUT2D eigenvalue weighted by Gasteiger charge is -2.11. The number of furan rings is 1. The lowest BCUT2D eigenvalue weighted by atomic mass is 10.1. The molecule has 0 unspecified atom stereocenters. The summed E-state index contributed by atoms with van der Waals surface area (Å²) in [4.78, 5) is 2.29. The minimum atomic E-state index is 0. The smallest absolute Gasteiger partial charge is 0.134 e. The Morgan fingerprint density at radius 2 is 2.19 bits per heavy atom. The zero-order chi connectivity index (χ0) is 10.4. The second kappa shape index (κ2) is 4.28. The summed E-state index contributed by atoms with van der Waals surface area (Å²) in [6.07, 6.45) is 2.85. The molecule has 0 radical (unpaired) electrons. The summed E-state index contributed by atoms with van der Waals surface area (Å²) in [6, 6.07) is 3.88. The zero-order valence-electron chi connectivity index (χ0n) is 9.00. The van der Waals surface area contributed by atoms with Gasteiger partial charge in [0.25, 0.3) is 0 Å². The van der Waals surface area contributed by atoms with Gasteiger partial charge in [0.2, 0.25) is 0 Å². The summed E-state index contributed by atoms with van der Waals surface area (Å²) in [7, 11) is 2.12. The van der Waals surface area contributed by atoms with Crippen LogP contribution in [0, 0.1) is 0 Å². The van der Waals surface area contributed by atoms with Crippen molar-refractivity contribution < 1.29 is 4.42 Å². The average molecular weight is 258 g/mol. The molecule has 16 heavy (non-hydrogen) atoms. The Morgan fingerprint density at radius 1 is 1.38 bits per heavy atom. The third-order valence-corrected chi connectivity index (χ3v) is 3.40. The number of hydrogen-bond donors (Lipinski definition) is 0. The Morgan fingerprint density at radius 3 is 3.00 bits per heavy atom. The van der Waals surface area contributed by atoms with Gasteiger partial charge in [-0.15, -0.1) is 12.4 Å². The van der Waals surface area contributed by atoms with Gasteiger partial charge < -0.3 is 9.32 Å². The number of hydrogen-bond acceptors (Lipinski definition) is 2. The van der Waals surface area contributed by atoms with Gasteiger partial charge in [-0.25, -0.2) is 0 Å². The van der Waals surface area contributed by atoms with Crippen LogP contribution in [0.5, 0.6) is 0 Å². The normalized spacial score (nSPS) is 15.9.